The number of nitrogens with zero attached hydrogens (tertiary/aromatic N) is 5. The highest BCUT2D eigenvalue weighted by Crippen LogP contribution is 2.49. The number of anilines is 1. The first kappa shape index (κ1) is 71.1. The van der Waals surface area contributed by atoms with Crippen LogP contribution in [-0.4, -0.2) is 171 Å². The number of benzene rings is 2. The Morgan fingerprint density at radius 1 is 0.623 bits per heavy atom. The van der Waals surface area contributed by atoms with Gasteiger partial charge in [-0.3, -0.25) is 18.5 Å². The van der Waals surface area contributed by atoms with Gasteiger partial charge in [0.1, 0.15) is 16.7 Å². The molecule has 0 aliphatic carbocycles. The second-order valence-corrected chi connectivity index (χ2v) is 25.3. The monoisotopic (exact) mass is 1160 g/mol. The predicted octanol–water partition coefficient (Wildman–Crippen LogP) is 8.62. The fraction of sp³-hybridized carbons (Fsp3) is 0.630. The molecule has 0 radical (unpaired) electrons. The largest absolute Gasteiger partial charge is 0.744 e. The van der Waals surface area contributed by atoms with Crippen molar-refractivity contribution in [1.29, 1.82) is 0 Å². The Morgan fingerprint density at radius 3 is 1.55 bits per heavy atom. The molecule has 1 atom stereocenters. The van der Waals surface area contributed by atoms with E-state index in [2.05, 4.69) is 77.0 Å². The molecule has 2 aliphatic heterocycles. The summed E-state index contributed by atoms with van der Waals surface area (Å²) in [7, 11) is -18.0. The summed E-state index contributed by atoms with van der Waals surface area (Å²) in [5, 5.41) is 9.10. The molecule has 0 saturated carbocycles. The molecule has 440 valence electrons. The van der Waals surface area contributed by atoms with Gasteiger partial charge >= 0.3 is 5.97 Å². The van der Waals surface area contributed by atoms with Crippen molar-refractivity contribution in [3.63, 3.8) is 0 Å². The molecule has 4 rings (SSSR count). The van der Waals surface area contributed by atoms with Crippen LogP contribution in [0.1, 0.15) is 139 Å². The smallest absolute Gasteiger partial charge is 0.303 e. The lowest BCUT2D eigenvalue weighted by molar-refractivity contribution is -0.437. The van der Waals surface area contributed by atoms with Gasteiger partial charge in [0.2, 0.25) is 5.69 Å². The zero-order chi connectivity index (χ0) is 59.0. The average Bonchev–Trinajstić information content (AvgIpc) is 3.70. The van der Waals surface area contributed by atoms with E-state index in [0.717, 1.165) is 0 Å². The summed E-state index contributed by atoms with van der Waals surface area (Å²) in [6.07, 6.45) is 10.5. The highest BCUT2D eigenvalue weighted by molar-refractivity contribution is 7.86. The molecule has 2 aliphatic rings. The molecule has 0 bridgehead atoms. The third-order valence-corrected chi connectivity index (χ3v) is 17.3. The van der Waals surface area contributed by atoms with Crippen molar-refractivity contribution in [2.45, 2.75) is 149 Å². The van der Waals surface area contributed by atoms with Crippen molar-refractivity contribution >= 4 is 63.5 Å². The Hall–Kier alpha value is -3.88. The molecule has 2 aromatic carbocycles. The van der Waals surface area contributed by atoms with Crippen LogP contribution in [0.4, 0.5) is 11.4 Å². The van der Waals surface area contributed by atoms with Gasteiger partial charge in [0.15, 0.2) is 5.71 Å². The first-order valence-corrected chi connectivity index (χ1v) is 32.9. The zero-order valence-corrected chi connectivity index (χ0v) is 51.0. The molecule has 23 heteroatoms. The molecule has 4 N–H and O–H groups in total. The highest BCUT2D eigenvalue weighted by Gasteiger charge is 2.48. The standard InChI is InChI=1S/C36H46N2O14S4.3C6H15N/c1-35(2)28-24-26(55(47,48)49)15-17-30(28)37(20-10-22-53(41,42)43)32(35)12-6-4-7-13-33-36(3,19-9-5-8-14-34(39)40)29-25-27(56(50,51)52)16-18-31(29)38(33)21-11-23-54(44,45)46;3*1-4-7(5-2)6-3/h4,6-7,12-13,15-18,24-25H,5,8-11,14,19-23H2,1-3H3,(H4-,39,40,41,42,43,44,45,46,47,48,49,50,51,52);3*4-6H2,1-3H3. The Morgan fingerprint density at radius 2 is 1.10 bits per heavy atom. The Kier molecular flexibility index (Phi) is 30.5. The Bertz CT molecular complexity index is 2720. The van der Waals surface area contributed by atoms with Crippen molar-refractivity contribution in [2.24, 2.45) is 0 Å². The molecule has 2 heterocycles. The van der Waals surface area contributed by atoms with Crippen molar-refractivity contribution in [3.8, 4) is 0 Å². The molecule has 1 unspecified atom stereocenters. The number of hydrogen-bond acceptors (Lipinski definition) is 14. The van der Waals surface area contributed by atoms with E-state index in [0.29, 0.717) is 59.6 Å². The number of aliphatic carboxylic acids is 1. The van der Waals surface area contributed by atoms with Crippen molar-refractivity contribution in [2.75, 3.05) is 88.4 Å². The fourth-order valence-corrected chi connectivity index (χ4v) is 11.4. The molecule has 0 saturated heterocycles. The molecule has 2 aromatic rings. The van der Waals surface area contributed by atoms with Crippen LogP contribution in [0.2, 0.25) is 0 Å². The summed E-state index contributed by atoms with van der Waals surface area (Å²) >= 11 is 0. The minimum Gasteiger partial charge on any atom is -0.744 e. The van der Waals surface area contributed by atoms with Gasteiger partial charge in [0.05, 0.1) is 26.7 Å². The molecule has 19 nitrogen and oxygen atoms in total. The van der Waals surface area contributed by atoms with Crippen LogP contribution >= 0.6 is 0 Å². The van der Waals surface area contributed by atoms with E-state index in [1.54, 1.807) is 35.3 Å². The summed E-state index contributed by atoms with van der Waals surface area (Å²) in [6, 6.07) is 8.04. The maximum atomic E-state index is 12.2. The van der Waals surface area contributed by atoms with Crippen LogP contribution in [-0.2, 0) is 56.1 Å². The van der Waals surface area contributed by atoms with Crippen LogP contribution < -0.4 is 4.90 Å². The van der Waals surface area contributed by atoms with Gasteiger partial charge in [-0.15, -0.1) is 0 Å². The summed E-state index contributed by atoms with van der Waals surface area (Å²) in [5.74, 6) is -2.00. The van der Waals surface area contributed by atoms with E-state index in [1.807, 2.05) is 25.3 Å². The Balaban J connectivity index is 0.00000118. The van der Waals surface area contributed by atoms with Crippen LogP contribution in [0.3, 0.4) is 0 Å². The van der Waals surface area contributed by atoms with Crippen LogP contribution in [0, 0.1) is 0 Å². The minimum atomic E-state index is -4.79. The van der Waals surface area contributed by atoms with Crippen LogP contribution in [0.15, 0.2) is 82.3 Å². The highest BCUT2D eigenvalue weighted by atomic mass is 32.2. The predicted molar refractivity (Wildman–Crippen MR) is 308 cm³/mol. The molecule has 0 fully saturated rings. The van der Waals surface area contributed by atoms with Gasteiger partial charge in [0, 0.05) is 53.9 Å². The van der Waals surface area contributed by atoms with E-state index in [9.17, 15) is 56.7 Å². The summed E-state index contributed by atoms with van der Waals surface area (Å²) in [4.78, 5) is 19.2. The van der Waals surface area contributed by atoms with Gasteiger partial charge < -0.3 is 29.3 Å². The number of carboxylic acids is 1. The van der Waals surface area contributed by atoms with Crippen LogP contribution in [0.25, 0.3) is 0 Å². The zero-order valence-electron chi connectivity index (χ0n) is 47.7. The molecule has 0 aromatic heterocycles. The topological polar surface area (TPSA) is 274 Å². The molecular weight excluding hydrogens is 1070 g/mol. The van der Waals surface area contributed by atoms with Crippen molar-refractivity contribution in [1.82, 2.24) is 14.7 Å². The van der Waals surface area contributed by atoms with Gasteiger partial charge in [-0.2, -0.15) is 29.8 Å². The number of carbonyl (C=O) groups is 1. The maximum Gasteiger partial charge on any atom is 0.303 e. The molecule has 77 heavy (non-hydrogen) atoms. The number of fused-ring (bicyclic) bond motifs is 2. The first-order chi connectivity index (χ1) is 35.8. The lowest BCUT2D eigenvalue weighted by atomic mass is 9.75. The van der Waals surface area contributed by atoms with Crippen molar-refractivity contribution in [3.05, 3.63) is 83.6 Å². The third kappa shape index (κ3) is 23.4. The molecular formula is C54H91N5O14S4. The van der Waals surface area contributed by atoms with E-state index in [4.69, 9.17) is 5.11 Å². The first-order valence-electron chi connectivity index (χ1n) is 26.8. The van der Waals surface area contributed by atoms with Gasteiger partial charge in [-0.25, -0.2) is 8.42 Å². The van der Waals surface area contributed by atoms with Gasteiger partial charge in [-0.05, 0) is 127 Å². The SMILES string of the molecule is CC1(CCCCCC(=O)O)C(/C=C/C=C/C=C2/N(CCCS(=O)(=O)O)c3ccc(S(=O)(=O)[O-])cc3C2(C)C)=[N+](CCCS(=O)(=O)O)c2ccc(S(=O)(=O)O)cc21.CCN(CC)CC.CCN(CC)CC.CCN(CC)CC. The quantitative estimate of drug-likeness (QED) is 0.0268. The second-order valence-electron chi connectivity index (χ2n) is 19.3. The summed E-state index contributed by atoms with van der Waals surface area (Å²) in [5.41, 5.74) is 1.65. The summed E-state index contributed by atoms with van der Waals surface area (Å²) in [6.45, 7) is 36.1. The van der Waals surface area contributed by atoms with Crippen molar-refractivity contribution < 1.29 is 66.4 Å². The summed E-state index contributed by atoms with van der Waals surface area (Å²) < 4.78 is 137. The second kappa shape index (κ2) is 33.0. The van der Waals surface area contributed by atoms with Gasteiger partial charge in [-0.1, -0.05) is 107 Å². The van der Waals surface area contributed by atoms with E-state index in [-0.39, 0.29) is 37.2 Å². The number of hydrogen-bond donors (Lipinski definition) is 4. The van der Waals surface area contributed by atoms with Gasteiger partial charge in [0.25, 0.3) is 30.4 Å². The van der Waals surface area contributed by atoms with E-state index in [1.165, 1.54) is 95.3 Å². The third-order valence-electron chi connectivity index (χ3n) is 14.1. The number of rotatable bonds is 28. The average molecular weight is 1160 g/mol. The number of unbranched alkanes of at least 4 members (excludes halogenated alkanes) is 2. The van der Waals surface area contributed by atoms with Crippen LogP contribution in [0.5, 0.6) is 0 Å². The normalized spacial score (nSPS) is 16.9. The number of allylic oxidation sites excluding steroid dienone is 6. The minimum absolute atomic E-state index is 0.00467. The lowest BCUT2D eigenvalue weighted by Crippen LogP contribution is -2.31. The molecule has 0 amide bonds. The van der Waals surface area contributed by atoms with E-state index >= 15 is 0 Å². The fourth-order valence-electron chi connectivity index (χ4n) is 9.36. The Labute approximate surface area is 462 Å². The number of carboxylic acid groups (broad SMARTS) is 1. The molecule has 0 spiro atoms. The lowest BCUT2D eigenvalue weighted by Gasteiger charge is -2.27. The maximum absolute atomic E-state index is 12.2. The van der Waals surface area contributed by atoms with E-state index < -0.39 is 73.7 Å².